The first kappa shape index (κ1) is 13.6. The molecule has 0 spiro atoms. The molecule has 2 rings (SSSR count). The smallest absolute Gasteiger partial charge is 0.125 e. The molecule has 100 valence electrons. The van der Waals surface area contributed by atoms with Crippen LogP contribution < -0.4 is 4.74 Å². The molecule has 0 heterocycles. The minimum absolute atomic E-state index is 0.277. The van der Waals surface area contributed by atoms with E-state index in [4.69, 9.17) is 4.74 Å². The van der Waals surface area contributed by atoms with Crippen LogP contribution in [0.2, 0.25) is 0 Å². The molecule has 0 unspecified atom stereocenters. The lowest BCUT2D eigenvalue weighted by Gasteiger charge is -2.14. The van der Waals surface area contributed by atoms with Gasteiger partial charge in [-0.2, -0.15) is 0 Å². The largest absolute Gasteiger partial charge is 0.489 e. The fraction of sp³-hybridized carbons (Fsp3) is 0.250. The highest BCUT2D eigenvalue weighted by molar-refractivity contribution is 5.38. The van der Waals surface area contributed by atoms with E-state index in [9.17, 15) is 9.50 Å². The number of hydrogen-bond donors (Lipinski definition) is 1. The monoisotopic (exact) mass is 260 g/mol. The van der Waals surface area contributed by atoms with E-state index in [1.807, 2.05) is 25.1 Å². The third kappa shape index (κ3) is 3.55. The van der Waals surface area contributed by atoms with E-state index in [0.29, 0.717) is 5.75 Å². The number of benzene rings is 2. The van der Waals surface area contributed by atoms with Crippen molar-refractivity contribution in [3.05, 3.63) is 65.0 Å². The molecule has 1 N–H and O–H groups in total. The predicted octanol–water partition coefficient (Wildman–Crippen LogP) is 3.77. The summed E-state index contributed by atoms with van der Waals surface area (Å²) in [5.41, 5.74) is 2.57. The summed E-state index contributed by atoms with van der Waals surface area (Å²) >= 11 is 0. The van der Waals surface area contributed by atoms with Crippen LogP contribution in [0.1, 0.15) is 29.7 Å². The first-order valence-corrected chi connectivity index (χ1v) is 6.22. The Bertz CT molecular complexity index is 564. The highest BCUT2D eigenvalue weighted by Gasteiger charge is 2.09. The maximum atomic E-state index is 13.1. The van der Waals surface area contributed by atoms with Gasteiger partial charge in [0.25, 0.3) is 0 Å². The van der Waals surface area contributed by atoms with E-state index >= 15 is 0 Å². The van der Waals surface area contributed by atoms with Gasteiger partial charge in [0.2, 0.25) is 0 Å². The molecule has 2 aromatic carbocycles. The summed E-state index contributed by atoms with van der Waals surface area (Å²) in [6.07, 6.45) is -0.595. The van der Waals surface area contributed by atoms with Crippen LogP contribution in [0.4, 0.5) is 4.39 Å². The molecule has 1 atom stereocenters. The Morgan fingerprint density at radius 3 is 2.68 bits per heavy atom. The second kappa shape index (κ2) is 5.85. The highest BCUT2D eigenvalue weighted by atomic mass is 19.1. The first-order chi connectivity index (χ1) is 9.06. The summed E-state index contributed by atoms with van der Waals surface area (Å²) in [7, 11) is 0. The third-order valence-electron chi connectivity index (χ3n) is 2.90. The van der Waals surface area contributed by atoms with E-state index in [1.165, 1.54) is 12.1 Å². The topological polar surface area (TPSA) is 29.5 Å². The Balaban J connectivity index is 2.15. The van der Waals surface area contributed by atoms with Crippen LogP contribution in [0, 0.1) is 12.7 Å². The molecule has 0 amide bonds. The Labute approximate surface area is 112 Å². The van der Waals surface area contributed by atoms with Gasteiger partial charge in [0.05, 0.1) is 6.10 Å². The SMILES string of the molecule is Cc1ccc(OCc2cccc(F)c2)c([C@@H](C)O)c1. The molecule has 0 saturated carbocycles. The average Bonchev–Trinajstić information content (AvgIpc) is 2.37. The first-order valence-electron chi connectivity index (χ1n) is 6.22. The van der Waals surface area contributed by atoms with Crippen LogP contribution in [-0.4, -0.2) is 5.11 Å². The van der Waals surface area contributed by atoms with Gasteiger partial charge in [-0.15, -0.1) is 0 Å². The summed E-state index contributed by atoms with van der Waals surface area (Å²) in [6.45, 7) is 3.94. The number of hydrogen-bond acceptors (Lipinski definition) is 2. The van der Waals surface area contributed by atoms with Crippen molar-refractivity contribution in [3.8, 4) is 5.75 Å². The lowest BCUT2D eigenvalue weighted by Crippen LogP contribution is -2.01. The van der Waals surface area contributed by atoms with Crippen LogP contribution in [0.15, 0.2) is 42.5 Å². The molecule has 0 fully saturated rings. The standard InChI is InChI=1S/C16H17FO2/c1-11-6-7-16(15(8-11)12(2)18)19-10-13-4-3-5-14(17)9-13/h3-9,12,18H,10H2,1-2H3/t12-/m1/s1. The zero-order valence-corrected chi connectivity index (χ0v) is 11.1. The van der Waals surface area contributed by atoms with Gasteiger partial charge in [-0.1, -0.05) is 23.8 Å². The van der Waals surface area contributed by atoms with E-state index in [-0.39, 0.29) is 12.4 Å². The maximum Gasteiger partial charge on any atom is 0.125 e. The van der Waals surface area contributed by atoms with E-state index < -0.39 is 6.10 Å². The fourth-order valence-corrected chi connectivity index (χ4v) is 1.91. The molecule has 2 aromatic rings. The number of aliphatic hydroxyl groups is 1. The van der Waals surface area contributed by atoms with Crippen LogP contribution in [0.5, 0.6) is 5.75 Å². The van der Waals surface area contributed by atoms with Crippen LogP contribution in [0.25, 0.3) is 0 Å². The van der Waals surface area contributed by atoms with Crippen molar-refractivity contribution >= 4 is 0 Å². The molecule has 0 aliphatic rings. The molecule has 0 radical (unpaired) electrons. The number of rotatable bonds is 4. The van der Waals surface area contributed by atoms with Gasteiger partial charge in [-0.05, 0) is 43.7 Å². The lowest BCUT2D eigenvalue weighted by molar-refractivity contribution is 0.190. The van der Waals surface area contributed by atoms with Crippen molar-refractivity contribution in [1.82, 2.24) is 0 Å². The quantitative estimate of drug-likeness (QED) is 0.906. The second-order valence-corrected chi connectivity index (χ2v) is 4.64. The van der Waals surface area contributed by atoms with Crippen molar-refractivity contribution in [2.75, 3.05) is 0 Å². The Hall–Kier alpha value is -1.87. The molecule has 0 saturated heterocycles. The predicted molar refractivity (Wildman–Crippen MR) is 72.5 cm³/mol. The molecule has 0 aliphatic carbocycles. The molecule has 3 heteroatoms. The molecular weight excluding hydrogens is 243 g/mol. The zero-order chi connectivity index (χ0) is 13.8. The number of aryl methyl sites for hydroxylation is 1. The summed E-state index contributed by atoms with van der Waals surface area (Å²) < 4.78 is 18.7. The van der Waals surface area contributed by atoms with E-state index in [1.54, 1.807) is 19.1 Å². The second-order valence-electron chi connectivity index (χ2n) is 4.64. The van der Waals surface area contributed by atoms with Gasteiger partial charge >= 0.3 is 0 Å². The maximum absolute atomic E-state index is 13.1. The van der Waals surface area contributed by atoms with Crippen LogP contribution >= 0.6 is 0 Å². The number of aliphatic hydroxyl groups excluding tert-OH is 1. The van der Waals surface area contributed by atoms with Crippen LogP contribution in [0.3, 0.4) is 0 Å². The molecule has 0 aliphatic heterocycles. The molecule has 2 nitrogen and oxygen atoms in total. The van der Waals surface area contributed by atoms with Gasteiger partial charge in [-0.25, -0.2) is 4.39 Å². The Morgan fingerprint density at radius 1 is 1.21 bits per heavy atom. The van der Waals surface area contributed by atoms with Gasteiger partial charge in [0.15, 0.2) is 0 Å². The minimum Gasteiger partial charge on any atom is -0.489 e. The Kier molecular flexibility index (Phi) is 4.17. The van der Waals surface area contributed by atoms with Gasteiger partial charge in [-0.3, -0.25) is 0 Å². The van der Waals surface area contributed by atoms with Crippen LogP contribution in [-0.2, 0) is 6.61 Å². The van der Waals surface area contributed by atoms with Gasteiger partial charge in [0.1, 0.15) is 18.2 Å². The summed E-state index contributed by atoms with van der Waals surface area (Å²) in [5, 5.41) is 9.73. The molecule has 0 aromatic heterocycles. The van der Waals surface area contributed by atoms with Crippen molar-refractivity contribution < 1.29 is 14.2 Å². The van der Waals surface area contributed by atoms with E-state index in [0.717, 1.165) is 16.7 Å². The van der Waals surface area contributed by atoms with Gasteiger partial charge < -0.3 is 9.84 Å². The average molecular weight is 260 g/mol. The third-order valence-corrected chi connectivity index (χ3v) is 2.90. The van der Waals surface area contributed by atoms with Crippen molar-refractivity contribution in [1.29, 1.82) is 0 Å². The van der Waals surface area contributed by atoms with E-state index in [2.05, 4.69) is 0 Å². The summed E-state index contributed by atoms with van der Waals surface area (Å²) in [6, 6.07) is 11.9. The highest BCUT2D eigenvalue weighted by Crippen LogP contribution is 2.27. The molecule has 19 heavy (non-hydrogen) atoms. The number of halogens is 1. The molecule has 0 bridgehead atoms. The fourth-order valence-electron chi connectivity index (χ4n) is 1.91. The summed E-state index contributed by atoms with van der Waals surface area (Å²) in [5.74, 6) is 0.352. The lowest BCUT2D eigenvalue weighted by atomic mass is 10.1. The normalized spacial score (nSPS) is 12.2. The minimum atomic E-state index is -0.595. The van der Waals surface area contributed by atoms with Crippen molar-refractivity contribution in [3.63, 3.8) is 0 Å². The van der Waals surface area contributed by atoms with Crippen molar-refractivity contribution in [2.45, 2.75) is 26.6 Å². The number of ether oxygens (including phenoxy) is 1. The zero-order valence-electron chi connectivity index (χ0n) is 11.1. The van der Waals surface area contributed by atoms with Gasteiger partial charge in [0, 0.05) is 5.56 Å². The molecular formula is C16H17FO2. The van der Waals surface area contributed by atoms with Crippen molar-refractivity contribution in [2.24, 2.45) is 0 Å². The Morgan fingerprint density at radius 2 is 2.00 bits per heavy atom. The summed E-state index contributed by atoms with van der Waals surface area (Å²) in [4.78, 5) is 0.